The van der Waals surface area contributed by atoms with Gasteiger partial charge in [0, 0.05) is 30.9 Å². The number of ether oxygens (including phenoxy) is 1. The highest BCUT2D eigenvalue weighted by molar-refractivity contribution is 5.38. The van der Waals surface area contributed by atoms with Gasteiger partial charge in [0.2, 0.25) is 5.88 Å². The van der Waals surface area contributed by atoms with E-state index in [1.165, 1.54) is 5.56 Å². The number of nitrogens with zero attached hydrogens (tertiary/aromatic N) is 5. The fourth-order valence-corrected chi connectivity index (χ4v) is 3.01. The van der Waals surface area contributed by atoms with Crippen LogP contribution in [0.5, 0.6) is 5.88 Å². The molecule has 2 heterocycles. The quantitative estimate of drug-likeness (QED) is 0.533. The molecule has 0 radical (unpaired) electrons. The predicted octanol–water partition coefficient (Wildman–Crippen LogP) is 3.45. The second kappa shape index (κ2) is 9.46. The van der Waals surface area contributed by atoms with E-state index in [4.69, 9.17) is 9.84 Å². The summed E-state index contributed by atoms with van der Waals surface area (Å²) in [5.41, 5.74) is 4.43. The molecule has 148 valence electrons. The number of benzene rings is 1. The van der Waals surface area contributed by atoms with Gasteiger partial charge in [0.05, 0.1) is 12.3 Å². The van der Waals surface area contributed by atoms with E-state index >= 15 is 0 Å². The van der Waals surface area contributed by atoms with Crippen LogP contribution in [0.3, 0.4) is 0 Å². The Bertz CT molecular complexity index is 872. The first-order valence-corrected chi connectivity index (χ1v) is 9.79. The molecule has 0 fully saturated rings. The van der Waals surface area contributed by atoms with Gasteiger partial charge in [0.25, 0.3) is 5.95 Å². The predicted molar refractivity (Wildman–Crippen MR) is 111 cm³/mol. The van der Waals surface area contributed by atoms with E-state index in [-0.39, 0.29) is 0 Å². The van der Waals surface area contributed by atoms with Gasteiger partial charge >= 0.3 is 0 Å². The highest BCUT2D eigenvalue weighted by Crippen LogP contribution is 2.26. The second-order valence-electron chi connectivity index (χ2n) is 7.19. The third kappa shape index (κ3) is 4.95. The molecule has 0 aliphatic heterocycles. The maximum absolute atomic E-state index is 6.07. The summed E-state index contributed by atoms with van der Waals surface area (Å²) in [5, 5.41) is 4.70. The molecule has 1 aromatic carbocycles. The van der Waals surface area contributed by atoms with E-state index in [0.717, 1.165) is 42.6 Å². The molecule has 0 bridgehead atoms. The highest BCUT2D eigenvalue weighted by atomic mass is 16.5. The minimum atomic E-state index is 0.576. The Kier molecular flexibility index (Phi) is 6.76. The minimum absolute atomic E-state index is 0.576. The summed E-state index contributed by atoms with van der Waals surface area (Å²) in [5.74, 6) is 1.25. The SMILES string of the molecule is CCc1cnc(-n2nc(OCCCN(C)C)c(Cc3ccccc3)c2C)nc1. The van der Waals surface area contributed by atoms with Crippen LogP contribution in [-0.2, 0) is 12.8 Å². The van der Waals surface area contributed by atoms with Gasteiger partial charge in [-0.1, -0.05) is 37.3 Å². The fourth-order valence-electron chi connectivity index (χ4n) is 3.01. The Morgan fingerprint density at radius 1 is 1.04 bits per heavy atom. The van der Waals surface area contributed by atoms with Crippen LogP contribution >= 0.6 is 0 Å². The molecule has 0 aliphatic carbocycles. The summed E-state index contributed by atoms with van der Waals surface area (Å²) in [6, 6.07) is 10.4. The molecule has 28 heavy (non-hydrogen) atoms. The third-order valence-electron chi connectivity index (χ3n) is 4.70. The van der Waals surface area contributed by atoms with Crippen molar-refractivity contribution in [3.63, 3.8) is 0 Å². The Balaban J connectivity index is 1.88. The van der Waals surface area contributed by atoms with Crippen molar-refractivity contribution >= 4 is 0 Å². The molecule has 3 rings (SSSR count). The molecule has 0 saturated heterocycles. The number of aromatic nitrogens is 4. The minimum Gasteiger partial charge on any atom is -0.476 e. The summed E-state index contributed by atoms with van der Waals surface area (Å²) in [4.78, 5) is 11.1. The molecular weight excluding hydrogens is 350 g/mol. The Morgan fingerprint density at radius 2 is 1.75 bits per heavy atom. The second-order valence-corrected chi connectivity index (χ2v) is 7.19. The topological polar surface area (TPSA) is 56.1 Å². The van der Waals surface area contributed by atoms with Crippen molar-refractivity contribution in [2.45, 2.75) is 33.1 Å². The average Bonchev–Trinajstić information content (AvgIpc) is 3.02. The molecule has 0 saturated carbocycles. The van der Waals surface area contributed by atoms with Crippen molar-refractivity contribution in [2.24, 2.45) is 0 Å². The summed E-state index contributed by atoms with van der Waals surface area (Å²) in [7, 11) is 4.13. The largest absolute Gasteiger partial charge is 0.476 e. The van der Waals surface area contributed by atoms with Crippen LogP contribution in [-0.4, -0.2) is 51.9 Å². The Morgan fingerprint density at radius 3 is 2.39 bits per heavy atom. The van der Waals surface area contributed by atoms with Gasteiger partial charge in [-0.3, -0.25) is 0 Å². The van der Waals surface area contributed by atoms with Crippen LogP contribution in [0.25, 0.3) is 5.95 Å². The standard InChI is InChI=1S/C22H29N5O/c1-5-18-15-23-22(24-16-18)27-17(2)20(14-19-10-7-6-8-11-19)21(25-27)28-13-9-12-26(3)4/h6-8,10-11,15-16H,5,9,12-14H2,1-4H3. The van der Waals surface area contributed by atoms with Crippen LogP contribution in [0.4, 0.5) is 0 Å². The lowest BCUT2D eigenvalue weighted by Gasteiger charge is -2.10. The Hall–Kier alpha value is -2.73. The highest BCUT2D eigenvalue weighted by Gasteiger charge is 2.19. The average molecular weight is 380 g/mol. The van der Waals surface area contributed by atoms with Crippen molar-refractivity contribution in [2.75, 3.05) is 27.2 Å². The molecule has 2 aromatic heterocycles. The molecule has 6 nitrogen and oxygen atoms in total. The van der Waals surface area contributed by atoms with Crippen LogP contribution in [0, 0.1) is 6.92 Å². The molecule has 0 aliphatic rings. The van der Waals surface area contributed by atoms with E-state index in [9.17, 15) is 0 Å². The van der Waals surface area contributed by atoms with Crippen molar-refractivity contribution in [1.82, 2.24) is 24.6 Å². The van der Waals surface area contributed by atoms with E-state index in [2.05, 4.69) is 67.1 Å². The lowest BCUT2D eigenvalue weighted by atomic mass is 10.1. The molecule has 0 amide bonds. The molecular formula is C22H29N5O. The molecule has 0 N–H and O–H groups in total. The van der Waals surface area contributed by atoms with E-state index in [1.54, 1.807) is 4.68 Å². The summed E-state index contributed by atoms with van der Waals surface area (Å²) < 4.78 is 7.86. The number of rotatable bonds is 9. The van der Waals surface area contributed by atoms with E-state index in [0.29, 0.717) is 18.4 Å². The van der Waals surface area contributed by atoms with Gasteiger partial charge in [0.15, 0.2) is 0 Å². The van der Waals surface area contributed by atoms with Gasteiger partial charge in [-0.15, -0.1) is 5.10 Å². The lowest BCUT2D eigenvalue weighted by Crippen LogP contribution is -2.15. The Labute approximate surface area is 167 Å². The van der Waals surface area contributed by atoms with Crippen LogP contribution in [0.15, 0.2) is 42.7 Å². The number of hydrogen-bond acceptors (Lipinski definition) is 5. The van der Waals surface area contributed by atoms with Gasteiger partial charge < -0.3 is 9.64 Å². The first kappa shape index (κ1) is 20.0. The zero-order valence-corrected chi connectivity index (χ0v) is 17.2. The maximum Gasteiger partial charge on any atom is 0.250 e. The smallest absolute Gasteiger partial charge is 0.250 e. The molecule has 6 heteroatoms. The lowest BCUT2D eigenvalue weighted by molar-refractivity contribution is 0.270. The van der Waals surface area contributed by atoms with Crippen molar-refractivity contribution < 1.29 is 4.74 Å². The van der Waals surface area contributed by atoms with Crippen molar-refractivity contribution in [3.8, 4) is 11.8 Å². The van der Waals surface area contributed by atoms with Gasteiger partial charge in [-0.25, -0.2) is 9.97 Å². The normalized spacial score (nSPS) is 11.2. The monoisotopic (exact) mass is 379 g/mol. The van der Waals surface area contributed by atoms with Gasteiger partial charge in [-0.2, -0.15) is 4.68 Å². The number of aryl methyl sites for hydroxylation is 1. The van der Waals surface area contributed by atoms with Crippen LogP contribution in [0.2, 0.25) is 0 Å². The zero-order valence-electron chi connectivity index (χ0n) is 17.2. The van der Waals surface area contributed by atoms with Gasteiger partial charge in [0.1, 0.15) is 0 Å². The van der Waals surface area contributed by atoms with E-state index in [1.807, 2.05) is 18.5 Å². The third-order valence-corrected chi connectivity index (χ3v) is 4.70. The van der Waals surface area contributed by atoms with Crippen LogP contribution < -0.4 is 4.74 Å². The summed E-state index contributed by atoms with van der Waals surface area (Å²) in [6.45, 7) is 5.76. The summed E-state index contributed by atoms with van der Waals surface area (Å²) in [6.07, 6.45) is 6.35. The first-order chi connectivity index (χ1) is 13.6. The van der Waals surface area contributed by atoms with Crippen molar-refractivity contribution in [3.05, 3.63) is 65.1 Å². The van der Waals surface area contributed by atoms with Gasteiger partial charge in [-0.05, 0) is 45.0 Å². The zero-order chi connectivity index (χ0) is 19.9. The van der Waals surface area contributed by atoms with Crippen molar-refractivity contribution in [1.29, 1.82) is 0 Å². The van der Waals surface area contributed by atoms with Crippen LogP contribution in [0.1, 0.15) is 35.7 Å². The first-order valence-electron chi connectivity index (χ1n) is 9.79. The fraction of sp³-hybridized carbons (Fsp3) is 0.409. The number of hydrogen-bond donors (Lipinski definition) is 0. The molecule has 0 unspecified atom stereocenters. The maximum atomic E-state index is 6.07. The molecule has 0 atom stereocenters. The summed E-state index contributed by atoms with van der Waals surface area (Å²) >= 11 is 0. The molecule has 0 spiro atoms. The molecule has 3 aromatic rings. The van der Waals surface area contributed by atoms with E-state index < -0.39 is 0 Å².